The Hall–Kier alpha value is -1.47. The molecule has 3 fully saturated rings. The van der Waals surface area contributed by atoms with E-state index in [1.165, 1.54) is 0 Å². The van der Waals surface area contributed by atoms with E-state index in [0.717, 1.165) is 35.0 Å². The van der Waals surface area contributed by atoms with Crippen LogP contribution in [0.1, 0.15) is 31.7 Å². The Morgan fingerprint density at radius 2 is 2.15 bits per heavy atom. The van der Waals surface area contributed by atoms with Crippen molar-refractivity contribution < 1.29 is 9.59 Å². The van der Waals surface area contributed by atoms with E-state index in [0.29, 0.717) is 18.7 Å². The van der Waals surface area contributed by atoms with E-state index in [4.69, 9.17) is 4.99 Å². The highest BCUT2D eigenvalue weighted by Crippen LogP contribution is 2.47. The van der Waals surface area contributed by atoms with Crippen LogP contribution in [-0.2, 0) is 9.59 Å². The van der Waals surface area contributed by atoms with Crippen molar-refractivity contribution in [3.05, 3.63) is 29.8 Å². The molecule has 26 heavy (non-hydrogen) atoms. The third-order valence-electron chi connectivity index (χ3n) is 5.32. The molecule has 4 rings (SSSR count). The van der Waals surface area contributed by atoms with Crippen LogP contribution in [0.15, 0.2) is 29.3 Å². The SMILES string of the molecule is Cc1ccccc1N=C1SCCCN1C(=O)[C@@H]1CS[C@@]2(C)CCC(=O)N12. The molecular weight excluding hydrogens is 366 g/mol. The van der Waals surface area contributed by atoms with E-state index in [1.54, 1.807) is 23.5 Å². The number of hydrogen-bond donors (Lipinski definition) is 0. The molecule has 0 saturated carbocycles. The summed E-state index contributed by atoms with van der Waals surface area (Å²) in [6, 6.07) is 7.61. The number of hydrogen-bond acceptors (Lipinski definition) is 5. The number of aryl methyl sites for hydroxylation is 1. The first-order valence-corrected chi connectivity index (χ1v) is 11.0. The van der Waals surface area contributed by atoms with Crippen LogP contribution in [0, 0.1) is 6.92 Å². The van der Waals surface area contributed by atoms with Crippen LogP contribution in [0.4, 0.5) is 5.69 Å². The van der Waals surface area contributed by atoms with Gasteiger partial charge in [-0.15, -0.1) is 11.8 Å². The van der Waals surface area contributed by atoms with Crippen LogP contribution in [0.5, 0.6) is 0 Å². The van der Waals surface area contributed by atoms with Crippen molar-refractivity contribution in [2.24, 2.45) is 4.99 Å². The van der Waals surface area contributed by atoms with Gasteiger partial charge in [-0.1, -0.05) is 30.0 Å². The number of para-hydroxylation sites is 1. The summed E-state index contributed by atoms with van der Waals surface area (Å²) < 4.78 is 0. The molecule has 0 N–H and O–H groups in total. The number of benzene rings is 1. The van der Waals surface area contributed by atoms with Crippen molar-refractivity contribution in [3.63, 3.8) is 0 Å². The molecular formula is C19H23N3O2S2. The highest BCUT2D eigenvalue weighted by molar-refractivity contribution is 8.13. The topological polar surface area (TPSA) is 53.0 Å². The van der Waals surface area contributed by atoms with E-state index < -0.39 is 0 Å². The van der Waals surface area contributed by atoms with Crippen LogP contribution in [0.3, 0.4) is 0 Å². The standard InChI is InChI=1S/C19H23N3O2S2/c1-13-6-3-4-7-14(13)20-18-21(10-5-11-25-18)17(24)15-12-26-19(2)9-8-16(23)22(15)19/h3-4,6-7,15H,5,8-12H2,1-2H3/t15-,19-/m0/s1. The van der Waals surface area contributed by atoms with Crippen LogP contribution in [0.25, 0.3) is 0 Å². The molecule has 3 aliphatic heterocycles. The second-order valence-electron chi connectivity index (χ2n) is 7.14. The van der Waals surface area contributed by atoms with Crippen molar-refractivity contribution in [1.29, 1.82) is 0 Å². The molecule has 3 heterocycles. The summed E-state index contributed by atoms with van der Waals surface area (Å²) in [6.45, 7) is 4.79. The molecule has 0 aliphatic carbocycles. The van der Waals surface area contributed by atoms with Gasteiger partial charge in [-0.05, 0) is 38.3 Å². The third-order valence-corrected chi connectivity index (χ3v) is 7.88. The Labute approximate surface area is 162 Å². The van der Waals surface area contributed by atoms with Crippen LogP contribution in [0.2, 0.25) is 0 Å². The predicted octanol–water partition coefficient (Wildman–Crippen LogP) is 3.40. The quantitative estimate of drug-likeness (QED) is 0.778. The van der Waals surface area contributed by atoms with Crippen molar-refractivity contribution >= 4 is 46.2 Å². The fourth-order valence-electron chi connectivity index (χ4n) is 3.83. The fourth-order valence-corrected chi connectivity index (χ4v) is 6.21. The number of aliphatic imine (C=N–C) groups is 1. The van der Waals surface area contributed by atoms with Gasteiger partial charge in [-0.25, -0.2) is 4.99 Å². The summed E-state index contributed by atoms with van der Waals surface area (Å²) in [5.41, 5.74) is 2.00. The fraction of sp³-hybridized carbons (Fsp3) is 0.526. The summed E-state index contributed by atoms with van der Waals surface area (Å²) >= 11 is 3.37. The number of nitrogens with zero attached hydrogens (tertiary/aromatic N) is 3. The molecule has 138 valence electrons. The summed E-state index contributed by atoms with van der Waals surface area (Å²) in [6.07, 6.45) is 2.33. The lowest BCUT2D eigenvalue weighted by molar-refractivity contribution is -0.141. The van der Waals surface area contributed by atoms with Gasteiger partial charge >= 0.3 is 0 Å². The van der Waals surface area contributed by atoms with Gasteiger partial charge in [0.25, 0.3) is 5.91 Å². The Kier molecular flexibility index (Phi) is 4.77. The van der Waals surface area contributed by atoms with Crippen molar-refractivity contribution in [1.82, 2.24) is 9.80 Å². The van der Waals surface area contributed by atoms with Crippen LogP contribution in [-0.4, -0.2) is 55.7 Å². The number of amides is 2. The molecule has 0 spiro atoms. The first kappa shape index (κ1) is 17.9. The Morgan fingerprint density at radius 1 is 1.35 bits per heavy atom. The number of thioether (sulfide) groups is 2. The second kappa shape index (κ2) is 6.93. The Bertz CT molecular complexity index is 782. The largest absolute Gasteiger partial charge is 0.315 e. The zero-order valence-corrected chi connectivity index (χ0v) is 16.7. The van der Waals surface area contributed by atoms with Crippen molar-refractivity contribution in [2.75, 3.05) is 18.1 Å². The van der Waals surface area contributed by atoms with Gasteiger partial charge in [-0.3, -0.25) is 14.5 Å². The van der Waals surface area contributed by atoms with E-state index in [9.17, 15) is 9.59 Å². The molecule has 1 aromatic carbocycles. The first-order valence-electron chi connectivity index (χ1n) is 9.04. The van der Waals surface area contributed by atoms with Crippen LogP contribution >= 0.6 is 23.5 Å². The molecule has 1 aromatic rings. The van der Waals surface area contributed by atoms with Crippen LogP contribution < -0.4 is 0 Å². The normalized spacial score (nSPS) is 30.2. The number of rotatable bonds is 2. The lowest BCUT2D eigenvalue weighted by Crippen LogP contribution is -2.53. The summed E-state index contributed by atoms with van der Waals surface area (Å²) in [5.74, 6) is 1.78. The minimum Gasteiger partial charge on any atom is -0.315 e. The summed E-state index contributed by atoms with van der Waals surface area (Å²) in [7, 11) is 0. The molecule has 5 nitrogen and oxygen atoms in total. The summed E-state index contributed by atoms with van der Waals surface area (Å²) in [4.78, 5) is 33.9. The average molecular weight is 390 g/mol. The number of carbonyl (C=O) groups excluding carboxylic acids is 2. The predicted molar refractivity (Wildman–Crippen MR) is 108 cm³/mol. The van der Waals surface area contributed by atoms with Gasteiger partial charge in [0.1, 0.15) is 6.04 Å². The maximum absolute atomic E-state index is 13.3. The van der Waals surface area contributed by atoms with Gasteiger partial charge in [0.2, 0.25) is 5.91 Å². The molecule has 7 heteroatoms. The van der Waals surface area contributed by atoms with Gasteiger partial charge in [0.05, 0.1) is 10.6 Å². The van der Waals surface area contributed by atoms with Crippen molar-refractivity contribution in [2.45, 2.75) is 44.0 Å². The number of fused-ring (bicyclic) bond motifs is 1. The molecule has 0 radical (unpaired) electrons. The molecule has 0 bridgehead atoms. The van der Waals surface area contributed by atoms with Gasteiger partial charge in [0, 0.05) is 24.5 Å². The maximum Gasteiger partial charge on any atom is 0.252 e. The molecule has 2 atom stereocenters. The zero-order chi connectivity index (χ0) is 18.3. The van der Waals surface area contributed by atoms with E-state index in [1.807, 2.05) is 41.0 Å². The molecule has 3 aliphatic rings. The van der Waals surface area contributed by atoms with Gasteiger partial charge in [-0.2, -0.15) is 0 Å². The smallest absolute Gasteiger partial charge is 0.252 e. The summed E-state index contributed by atoms with van der Waals surface area (Å²) in [5, 5.41) is 0.765. The molecule has 3 saturated heterocycles. The lowest BCUT2D eigenvalue weighted by atomic mass is 10.2. The maximum atomic E-state index is 13.3. The third kappa shape index (κ3) is 3.05. The first-order chi connectivity index (χ1) is 12.5. The molecule has 2 amide bonds. The van der Waals surface area contributed by atoms with Gasteiger partial charge in [0.15, 0.2) is 5.17 Å². The average Bonchev–Trinajstić information content (AvgIpc) is 3.13. The molecule has 0 unspecified atom stereocenters. The zero-order valence-electron chi connectivity index (χ0n) is 15.1. The number of amidine groups is 1. The minimum absolute atomic E-state index is 0.0241. The lowest BCUT2D eigenvalue weighted by Gasteiger charge is -2.34. The van der Waals surface area contributed by atoms with E-state index in [-0.39, 0.29) is 22.7 Å². The second-order valence-corrected chi connectivity index (χ2v) is 9.70. The Morgan fingerprint density at radius 3 is 2.96 bits per heavy atom. The van der Waals surface area contributed by atoms with Gasteiger partial charge < -0.3 is 4.90 Å². The van der Waals surface area contributed by atoms with E-state index in [2.05, 4.69) is 6.92 Å². The Balaban J connectivity index is 1.62. The number of carbonyl (C=O) groups is 2. The van der Waals surface area contributed by atoms with Crippen molar-refractivity contribution in [3.8, 4) is 0 Å². The highest BCUT2D eigenvalue weighted by atomic mass is 32.2. The monoisotopic (exact) mass is 389 g/mol. The minimum atomic E-state index is -0.360. The van der Waals surface area contributed by atoms with E-state index >= 15 is 0 Å². The molecule has 0 aromatic heterocycles. The highest BCUT2D eigenvalue weighted by Gasteiger charge is 2.54.